The molecule has 150 valence electrons. The number of hydrogen-bond donors (Lipinski definition) is 1. The first kappa shape index (κ1) is 19.7. The number of thioether (sulfide) groups is 1. The first-order valence-corrected chi connectivity index (χ1v) is 10.2. The number of nitrogens with zero attached hydrogens (tertiary/aromatic N) is 4. The third-order valence-corrected chi connectivity index (χ3v) is 5.22. The number of carbonyl (C=O) groups is 1. The molecule has 4 rings (SSSR count). The summed E-state index contributed by atoms with van der Waals surface area (Å²) in [5.74, 6) is 1.53. The third kappa shape index (κ3) is 4.49. The Labute approximate surface area is 178 Å². The molecule has 0 spiro atoms. The smallest absolute Gasteiger partial charge is 0.234 e. The number of para-hydroxylation sites is 1. The Morgan fingerprint density at radius 3 is 2.43 bits per heavy atom. The summed E-state index contributed by atoms with van der Waals surface area (Å²) in [5.41, 5.74) is 2.52. The van der Waals surface area contributed by atoms with Crippen molar-refractivity contribution in [3.05, 3.63) is 79.1 Å². The zero-order valence-electron chi connectivity index (χ0n) is 16.2. The summed E-state index contributed by atoms with van der Waals surface area (Å²) in [7, 11) is 1.63. The monoisotopic (exact) mass is 417 g/mol. The van der Waals surface area contributed by atoms with Crippen LogP contribution in [0.1, 0.15) is 0 Å². The summed E-state index contributed by atoms with van der Waals surface area (Å²) < 4.78 is 7.19. The van der Waals surface area contributed by atoms with E-state index in [0.717, 1.165) is 22.7 Å². The van der Waals surface area contributed by atoms with Crippen LogP contribution in [0.15, 0.2) is 84.3 Å². The maximum absolute atomic E-state index is 12.4. The van der Waals surface area contributed by atoms with Crippen molar-refractivity contribution in [3.63, 3.8) is 0 Å². The number of methoxy groups -OCH3 is 1. The van der Waals surface area contributed by atoms with E-state index in [-0.39, 0.29) is 11.7 Å². The summed E-state index contributed by atoms with van der Waals surface area (Å²) >= 11 is 1.33. The van der Waals surface area contributed by atoms with E-state index in [9.17, 15) is 4.79 Å². The van der Waals surface area contributed by atoms with Crippen LogP contribution in [-0.2, 0) is 4.79 Å². The Morgan fingerprint density at radius 2 is 1.73 bits per heavy atom. The normalized spacial score (nSPS) is 10.6. The van der Waals surface area contributed by atoms with Crippen LogP contribution in [0, 0.1) is 0 Å². The maximum Gasteiger partial charge on any atom is 0.234 e. The second-order valence-electron chi connectivity index (χ2n) is 6.28. The van der Waals surface area contributed by atoms with Crippen LogP contribution in [-0.4, -0.2) is 38.5 Å². The van der Waals surface area contributed by atoms with Crippen LogP contribution in [0.2, 0.25) is 0 Å². The molecule has 0 fully saturated rings. The number of pyridine rings is 1. The van der Waals surface area contributed by atoms with Crippen LogP contribution in [0.5, 0.6) is 5.75 Å². The molecule has 1 N–H and O–H groups in total. The molecule has 8 heteroatoms. The lowest BCUT2D eigenvalue weighted by molar-refractivity contribution is -0.113. The SMILES string of the molecule is COc1ccc(-n2c(SCC(=O)Nc3ccccc3)nnc2-c2ccncc2)cc1. The zero-order chi connectivity index (χ0) is 20.8. The molecule has 0 bridgehead atoms. The first-order chi connectivity index (χ1) is 14.7. The number of amides is 1. The van der Waals surface area contributed by atoms with Gasteiger partial charge in [-0.2, -0.15) is 0 Å². The molecule has 4 aromatic rings. The molecule has 30 heavy (non-hydrogen) atoms. The number of rotatable bonds is 7. The Balaban J connectivity index is 1.60. The molecule has 1 amide bonds. The summed E-state index contributed by atoms with van der Waals surface area (Å²) in [6.07, 6.45) is 3.42. The van der Waals surface area contributed by atoms with E-state index >= 15 is 0 Å². The average molecular weight is 417 g/mol. The molecular formula is C22H19N5O2S. The minimum Gasteiger partial charge on any atom is -0.497 e. The van der Waals surface area contributed by atoms with E-state index in [1.54, 1.807) is 19.5 Å². The topological polar surface area (TPSA) is 81.9 Å². The van der Waals surface area contributed by atoms with Gasteiger partial charge in [0.25, 0.3) is 0 Å². The fraction of sp³-hybridized carbons (Fsp3) is 0.0909. The molecule has 0 aliphatic rings. The Kier molecular flexibility index (Phi) is 6.05. The van der Waals surface area contributed by atoms with Gasteiger partial charge in [-0.15, -0.1) is 10.2 Å². The van der Waals surface area contributed by atoms with Crippen molar-refractivity contribution in [1.82, 2.24) is 19.7 Å². The van der Waals surface area contributed by atoms with Gasteiger partial charge in [-0.25, -0.2) is 0 Å². The summed E-state index contributed by atoms with van der Waals surface area (Å²) in [4.78, 5) is 16.4. The molecule has 7 nitrogen and oxygen atoms in total. The number of aromatic nitrogens is 4. The van der Waals surface area contributed by atoms with Gasteiger partial charge in [-0.1, -0.05) is 30.0 Å². The van der Waals surface area contributed by atoms with Crippen molar-refractivity contribution in [3.8, 4) is 22.8 Å². The number of ether oxygens (including phenoxy) is 1. The van der Waals surface area contributed by atoms with Gasteiger partial charge in [0, 0.05) is 29.3 Å². The van der Waals surface area contributed by atoms with Gasteiger partial charge in [0.05, 0.1) is 12.9 Å². The number of carbonyl (C=O) groups excluding carboxylic acids is 1. The quantitative estimate of drug-likeness (QED) is 0.457. The maximum atomic E-state index is 12.4. The van der Waals surface area contributed by atoms with Crippen LogP contribution in [0.3, 0.4) is 0 Å². The van der Waals surface area contributed by atoms with Crippen molar-refractivity contribution < 1.29 is 9.53 Å². The lowest BCUT2D eigenvalue weighted by Gasteiger charge is -2.11. The fourth-order valence-electron chi connectivity index (χ4n) is 2.86. The van der Waals surface area contributed by atoms with E-state index in [2.05, 4.69) is 20.5 Å². The second kappa shape index (κ2) is 9.23. The third-order valence-electron chi connectivity index (χ3n) is 4.29. The highest BCUT2D eigenvalue weighted by Gasteiger charge is 2.17. The lowest BCUT2D eigenvalue weighted by Crippen LogP contribution is -2.14. The minimum atomic E-state index is -0.110. The average Bonchev–Trinajstić information content (AvgIpc) is 3.23. The summed E-state index contributed by atoms with van der Waals surface area (Å²) in [6.45, 7) is 0. The molecule has 0 radical (unpaired) electrons. The summed E-state index contributed by atoms with van der Waals surface area (Å²) in [5, 5.41) is 12.2. The standard InChI is InChI=1S/C22H19N5O2S/c1-29-19-9-7-18(8-10-19)27-21(16-11-13-23-14-12-16)25-26-22(27)30-15-20(28)24-17-5-3-2-4-6-17/h2-14H,15H2,1H3,(H,24,28). The number of benzene rings is 2. The van der Waals surface area contributed by atoms with Crippen LogP contribution in [0.25, 0.3) is 17.1 Å². The van der Waals surface area contributed by atoms with Gasteiger partial charge in [-0.3, -0.25) is 14.3 Å². The van der Waals surface area contributed by atoms with Crippen molar-refractivity contribution in [2.75, 3.05) is 18.2 Å². The van der Waals surface area contributed by atoms with E-state index in [0.29, 0.717) is 11.0 Å². The van der Waals surface area contributed by atoms with E-state index in [4.69, 9.17) is 4.74 Å². The van der Waals surface area contributed by atoms with Gasteiger partial charge in [0.2, 0.25) is 5.91 Å². The molecule has 2 aromatic carbocycles. The molecule has 2 aromatic heterocycles. The van der Waals surface area contributed by atoms with Crippen LogP contribution < -0.4 is 10.1 Å². The first-order valence-electron chi connectivity index (χ1n) is 9.22. The molecule has 0 unspecified atom stereocenters. The van der Waals surface area contributed by atoms with E-state index in [1.807, 2.05) is 71.3 Å². The highest BCUT2D eigenvalue weighted by Crippen LogP contribution is 2.28. The van der Waals surface area contributed by atoms with E-state index < -0.39 is 0 Å². The molecule has 0 aliphatic heterocycles. The molecular weight excluding hydrogens is 398 g/mol. The van der Waals surface area contributed by atoms with Crippen LogP contribution >= 0.6 is 11.8 Å². The zero-order valence-corrected chi connectivity index (χ0v) is 17.0. The van der Waals surface area contributed by atoms with Gasteiger partial charge in [-0.05, 0) is 48.5 Å². The minimum absolute atomic E-state index is 0.110. The second-order valence-corrected chi connectivity index (χ2v) is 7.22. The molecule has 0 aliphatic carbocycles. The predicted octanol–water partition coefficient (Wildman–Crippen LogP) is 4.07. The predicted molar refractivity (Wildman–Crippen MR) is 117 cm³/mol. The highest BCUT2D eigenvalue weighted by atomic mass is 32.2. The number of anilines is 1. The van der Waals surface area contributed by atoms with Gasteiger partial charge < -0.3 is 10.1 Å². The number of nitrogens with one attached hydrogen (secondary N) is 1. The van der Waals surface area contributed by atoms with Gasteiger partial charge >= 0.3 is 0 Å². The van der Waals surface area contributed by atoms with Gasteiger partial charge in [0.1, 0.15) is 5.75 Å². The van der Waals surface area contributed by atoms with Crippen molar-refractivity contribution in [2.24, 2.45) is 0 Å². The Hall–Kier alpha value is -3.65. The molecule has 0 saturated heterocycles. The largest absolute Gasteiger partial charge is 0.497 e. The van der Waals surface area contributed by atoms with E-state index in [1.165, 1.54) is 11.8 Å². The van der Waals surface area contributed by atoms with Crippen molar-refractivity contribution >= 4 is 23.4 Å². The molecule has 0 saturated carbocycles. The Bertz CT molecular complexity index is 1120. The summed E-state index contributed by atoms with van der Waals surface area (Å²) in [6, 6.07) is 20.7. The number of hydrogen-bond acceptors (Lipinski definition) is 6. The Morgan fingerprint density at radius 1 is 1.00 bits per heavy atom. The lowest BCUT2D eigenvalue weighted by atomic mass is 10.2. The fourth-order valence-corrected chi connectivity index (χ4v) is 3.62. The van der Waals surface area contributed by atoms with Crippen molar-refractivity contribution in [1.29, 1.82) is 0 Å². The highest BCUT2D eigenvalue weighted by molar-refractivity contribution is 7.99. The van der Waals surface area contributed by atoms with Gasteiger partial charge in [0.15, 0.2) is 11.0 Å². The molecule has 0 atom stereocenters. The molecule has 2 heterocycles. The van der Waals surface area contributed by atoms with Crippen LogP contribution in [0.4, 0.5) is 5.69 Å². The van der Waals surface area contributed by atoms with Crippen molar-refractivity contribution in [2.45, 2.75) is 5.16 Å².